The molecular weight excluding hydrogens is 258 g/mol. The fraction of sp³-hybridized carbons (Fsp3) is 0.286. The first-order valence-electron chi connectivity index (χ1n) is 6.16. The monoisotopic (exact) mass is 275 g/mol. The smallest absolute Gasteiger partial charge is 0.130 e. The first kappa shape index (κ1) is 13.5. The Kier molecular flexibility index (Phi) is 4.16. The summed E-state index contributed by atoms with van der Waals surface area (Å²) in [6.07, 6.45) is 0. The number of hydrogen-bond donors (Lipinski definition) is 1. The summed E-state index contributed by atoms with van der Waals surface area (Å²) < 4.78 is 7.70. The van der Waals surface area contributed by atoms with E-state index in [-0.39, 0.29) is 0 Å². The highest BCUT2D eigenvalue weighted by molar-refractivity contribution is 7.80. The summed E-state index contributed by atoms with van der Waals surface area (Å²) in [6, 6.07) is 9.52. The molecule has 5 heteroatoms. The summed E-state index contributed by atoms with van der Waals surface area (Å²) in [5.74, 6) is 0.756. The minimum atomic E-state index is 0.375. The molecule has 100 valence electrons. The van der Waals surface area contributed by atoms with Gasteiger partial charge in [0.25, 0.3) is 0 Å². The van der Waals surface area contributed by atoms with Gasteiger partial charge >= 0.3 is 0 Å². The van der Waals surface area contributed by atoms with Crippen molar-refractivity contribution in [1.82, 2.24) is 9.78 Å². The lowest BCUT2D eigenvalue weighted by molar-refractivity contribution is 0.292. The minimum Gasteiger partial charge on any atom is -0.487 e. The Morgan fingerprint density at radius 1 is 1.42 bits per heavy atom. The van der Waals surface area contributed by atoms with Gasteiger partial charge in [-0.15, -0.1) is 0 Å². The molecule has 1 aromatic carbocycles. The number of aromatic nitrogens is 2. The lowest BCUT2D eigenvalue weighted by atomic mass is 10.2. The molecule has 2 rings (SSSR count). The van der Waals surface area contributed by atoms with Gasteiger partial charge in [0.1, 0.15) is 17.3 Å². The third-order valence-electron chi connectivity index (χ3n) is 2.79. The molecule has 0 saturated carbocycles. The summed E-state index contributed by atoms with van der Waals surface area (Å²) in [6.45, 7) is 5.35. The van der Waals surface area contributed by atoms with Gasteiger partial charge in [-0.3, -0.25) is 4.68 Å². The van der Waals surface area contributed by atoms with Crippen LogP contribution in [-0.2, 0) is 13.2 Å². The number of aryl methyl sites for hydroxylation is 2. The normalized spacial score (nSPS) is 10.4. The number of hydrogen-bond acceptors (Lipinski definition) is 3. The largest absolute Gasteiger partial charge is 0.487 e. The summed E-state index contributed by atoms with van der Waals surface area (Å²) >= 11 is 4.95. The van der Waals surface area contributed by atoms with E-state index in [0.717, 1.165) is 29.2 Å². The van der Waals surface area contributed by atoms with Gasteiger partial charge < -0.3 is 10.5 Å². The van der Waals surface area contributed by atoms with Gasteiger partial charge in [-0.1, -0.05) is 24.4 Å². The van der Waals surface area contributed by atoms with Crippen molar-refractivity contribution in [1.29, 1.82) is 0 Å². The SMILES string of the molecule is CCn1nc(C)cc1COc1cccc(C(N)=S)c1. The summed E-state index contributed by atoms with van der Waals surface area (Å²) in [5.41, 5.74) is 8.47. The van der Waals surface area contributed by atoms with E-state index in [2.05, 4.69) is 12.0 Å². The molecule has 1 heterocycles. The standard InChI is InChI=1S/C14H17N3OS/c1-3-17-12(7-10(2)16-17)9-18-13-6-4-5-11(8-13)14(15)19/h4-8H,3,9H2,1-2H3,(H2,15,19). The molecule has 0 saturated heterocycles. The van der Waals surface area contributed by atoms with E-state index in [1.165, 1.54) is 0 Å². The molecule has 2 N–H and O–H groups in total. The zero-order valence-electron chi connectivity index (χ0n) is 11.1. The Hall–Kier alpha value is -1.88. The lowest BCUT2D eigenvalue weighted by Gasteiger charge is -2.08. The topological polar surface area (TPSA) is 53.1 Å². The first-order valence-corrected chi connectivity index (χ1v) is 6.57. The van der Waals surface area contributed by atoms with Crippen LogP contribution in [0.5, 0.6) is 5.75 Å². The van der Waals surface area contributed by atoms with Gasteiger partial charge in [-0.2, -0.15) is 5.10 Å². The van der Waals surface area contributed by atoms with Gasteiger partial charge in [0.2, 0.25) is 0 Å². The second-order valence-electron chi connectivity index (χ2n) is 4.27. The van der Waals surface area contributed by atoms with Gasteiger partial charge in [-0.25, -0.2) is 0 Å². The maximum atomic E-state index is 5.76. The zero-order chi connectivity index (χ0) is 13.8. The second kappa shape index (κ2) is 5.84. The molecule has 0 fully saturated rings. The fourth-order valence-corrected chi connectivity index (χ4v) is 2.01. The summed E-state index contributed by atoms with van der Waals surface area (Å²) in [4.78, 5) is 0.375. The number of rotatable bonds is 5. The molecule has 0 radical (unpaired) electrons. The van der Waals surface area contributed by atoms with Crippen LogP contribution in [0.15, 0.2) is 30.3 Å². The van der Waals surface area contributed by atoms with Gasteiger partial charge in [0, 0.05) is 12.1 Å². The molecule has 2 aromatic rings. The Balaban J connectivity index is 2.09. The maximum Gasteiger partial charge on any atom is 0.130 e. The highest BCUT2D eigenvalue weighted by Gasteiger charge is 2.05. The third-order valence-corrected chi connectivity index (χ3v) is 3.03. The molecule has 4 nitrogen and oxygen atoms in total. The van der Waals surface area contributed by atoms with E-state index in [4.69, 9.17) is 22.7 Å². The van der Waals surface area contributed by atoms with Crippen LogP contribution in [0.3, 0.4) is 0 Å². The average Bonchev–Trinajstić information content (AvgIpc) is 2.77. The number of ether oxygens (including phenoxy) is 1. The summed E-state index contributed by atoms with van der Waals surface area (Å²) in [7, 11) is 0. The molecule has 0 unspecified atom stereocenters. The molecule has 0 aliphatic rings. The first-order chi connectivity index (χ1) is 9.10. The zero-order valence-corrected chi connectivity index (χ0v) is 11.9. The van der Waals surface area contributed by atoms with Crippen molar-refractivity contribution in [3.05, 3.63) is 47.3 Å². The number of nitrogens with zero attached hydrogens (tertiary/aromatic N) is 2. The van der Waals surface area contributed by atoms with Crippen molar-refractivity contribution in [2.45, 2.75) is 27.0 Å². The van der Waals surface area contributed by atoms with Gasteiger partial charge in [-0.05, 0) is 32.0 Å². The van der Waals surface area contributed by atoms with Crippen molar-refractivity contribution in [3.8, 4) is 5.75 Å². The van der Waals surface area contributed by atoms with Crippen LogP contribution in [0.4, 0.5) is 0 Å². The highest BCUT2D eigenvalue weighted by atomic mass is 32.1. The number of nitrogens with two attached hydrogens (primary N) is 1. The van der Waals surface area contributed by atoms with Crippen LogP contribution in [0.25, 0.3) is 0 Å². The molecule has 1 aromatic heterocycles. The number of thiocarbonyl (C=S) groups is 1. The molecule has 0 amide bonds. The van der Waals surface area contributed by atoms with Crippen molar-refractivity contribution in [2.75, 3.05) is 0 Å². The molecule has 0 spiro atoms. The molecule has 0 aliphatic heterocycles. The summed E-state index contributed by atoms with van der Waals surface area (Å²) in [5, 5.41) is 4.38. The van der Waals surface area contributed by atoms with Crippen molar-refractivity contribution >= 4 is 17.2 Å². The van der Waals surface area contributed by atoms with Crippen molar-refractivity contribution < 1.29 is 4.74 Å². The average molecular weight is 275 g/mol. The van der Waals surface area contributed by atoms with E-state index in [0.29, 0.717) is 11.6 Å². The Labute approximate surface area is 118 Å². The van der Waals surface area contributed by atoms with E-state index < -0.39 is 0 Å². The van der Waals surface area contributed by atoms with E-state index >= 15 is 0 Å². The maximum absolute atomic E-state index is 5.76. The van der Waals surface area contributed by atoms with Crippen LogP contribution >= 0.6 is 12.2 Å². The Morgan fingerprint density at radius 3 is 2.89 bits per heavy atom. The van der Waals surface area contributed by atoms with Crippen LogP contribution < -0.4 is 10.5 Å². The van der Waals surface area contributed by atoms with Crippen LogP contribution in [0.2, 0.25) is 0 Å². The molecule has 19 heavy (non-hydrogen) atoms. The predicted molar refractivity (Wildman–Crippen MR) is 79.3 cm³/mol. The van der Waals surface area contributed by atoms with E-state index in [1.807, 2.05) is 41.9 Å². The molecule has 0 atom stereocenters. The Bertz CT molecular complexity index is 592. The van der Waals surface area contributed by atoms with Gasteiger partial charge in [0.15, 0.2) is 0 Å². The Morgan fingerprint density at radius 2 is 2.21 bits per heavy atom. The van der Waals surface area contributed by atoms with E-state index in [9.17, 15) is 0 Å². The highest BCUT2D eigenvalue weighted by Crippen LogP contribution is 2.15. The van der Waals surface area contributed by atoms with Crippen LogP contribution in [0.1, 0.15) is 23.9 Å². The van der Waals surface area contributed by atoms with Crippen LogP contribution in [-0.4, -0.2) is 14.8 Å². The number of benzene rings is 1. The predicted octanol–water partition coefficient (Wildman–Crippen LogP) is 2.42. The van der Waals surface area contributed by atoms with Crippen molar-refractivity contribution in [2.24, 2.45) is 5.73 Å². The fourth-order valence-electron chi connectivity index (χ4n) is 1.89. The van der Waals surface area contributed by atoms with Crippen molar-refractivity contribution in [3.63, 3.8) is 0 Å². The quantitative estimate of drug-likeness (QED) is 0.851. The minimum absolute atomic E-state index is 0.375. The molecule has 0 aliphatic carbocycles. The molecular formula is C14H17N3OS. The van der Waals surface area contributed by atoms with Gasteiger partial charge in [0.05, 0.1) is 11.4 Å². The molecule has 0 bridgehead atoms. The van der Waals surface area contributed by atoms with Crippen LogP contribution in [0, 0.1) is 6.92 Å². The third kappa shape index (κ3) is 3.32. The van der Waals surface area contributed by atoms with E-state index in [1.54, 1.807) is 0 Å². The second-order valence-corrected chi connectivity index (χ2v) is 4.71. The lowest BCUT2D eigenvalue weighted by Crippen LogP contribution is -2.10.